The van der Waals surface area contributed by atoms with Crippen LogP contribution in [0.5, 0.6) is 0 Å². The summed E-state index contributed by atoms with van der Waals surface area (Å²) in [6, 6.07) is 1.93. The predicted molar refractivity (Wildman–Crippen MR) is 76.5 cm³/mol. The van der Waals surface area contributed by atoms with E-state index in [0.29, 0.717) is 18.6 Å². The molecular weight excluding hydrogens is 361 g/mol. The maximum Gasteiger partial charge on any atom is 0.416 e. The van der Waals surface area contributed by atoms with Crippen molar-refractivity contribution in [2.45, 2.75) is 23.5 Å². The number of rotatable bonds is 2. The molecule has 1 saturated heterocycles. The summed E-state index contributed by atoms with van der Waals surface area (Å²) < 4.78 is 63.2. The van der Waals surface area contributed by atoms with E-state index in [9.17, 15) is 21.6 Å². The smallest absolute Gasteiger partial charge is 0.416 e. The van der Waals surface area contributed by atoms with Crippen molar-refractivity contribution in [2.24, 2.45) is 5.73 Å². The Hall–Kier alpha value is -1.36. The minimum absolute atomic E-state index is 0.139. The summed E-state index contributed by atoms with van der Waals surface area (Å²) in [7, 11) is -3.91. The fraction of sp³-hybridized carbons (Fsp3) is 0.417. The molecule has 1 unspecified atom stereocenters. The lowest BCUT2D eigenvalue weighted by Crippen LogP contribution is -2.32. The summed E-state index contributed by atoms with van der Waals surface area (Å²) in [5, 5.41) is 6.44. The van der Waals surface area contributed by atoms with E-state index in [-0.39, 0.29) is 30.5 Å². The van der Waals surface area contributed by atoms with Gasteiger partial charge < -0.3 is 10.8 Å². The molecule has 1 atom stereocenters. The number of carboxylic acid groups (broad SMARTS) is 1. The van der Waals surface area contributed by atoms with Gasteiger partial charge in [-0.25, -0.2) is 8.42 Å². The third kappa shape index (κ3) is 4.80. The van der Waals surface area contributed by atoms with Gasteiger partial charge in [-0.1, -0.05) is 11.6 Å². The zero-order chi connectivity index (χ0) is 17.8. The van der Waals surface area contributed by atoms with E-state index < -0.39 is 26.8 Å². The first-order valence-electron chi connectivity index (χ1n) is 6.24. The summed E-state index contributed by atoms with van der Waals surface area (Å²) in [5.74, 6) is 0. The molecular formula is C12H14ClF3N2O4S. The van der Waals surface area contributed by atoms with Crippen molar-refractivity contribution in [2.75, 3.05) is 13.1 Å². The van der Waals surface area contributed by atoms with E-state index in [0.717, 1.165) is 10.4 Å². The molecule has 0 aromatic heterocycles. The van der Waals surface area contributed by atoms with Crippen LogP contribution in [0.1, 0.15) is 12.0 Å². The van der Waals surface area contributed by atoms with E-state index in [1.807, 2.05) is 0 Å². The average Bonchev–Trinajstić information content (AvgIpc) is 2.85. The first-order valence-corrected chi connectivity index (χ1v) is 8.06. The Balaban J connectivity index is 0.000000816. The summed E-state index contributed by atoms with van der Waals surface area (Å²) in [6.07, 6.45) is -4.06. The Labute approximate surface area is 135 Å². The fourth-order valence-electron chi connectivity index (χ4n) is 2.00. The van der Waals surface area contributed by atoms with Gasteiger partial charge in [-0.2, -0.15) is 17.5 Å². The standard InChI is InChI=1S/C11H12ClF3N2O2S.CH2O2/c12-9-5-7(11(13,14)15)1-2-10(9)20(18,19)17-4-3-8(16)6-17;2-1-3/h1-2,5,8H,3-4,6,16H2;1H,(H,2,3). The molecule has 0 bridgehead atoms. The lowest BCUT2D eigenvalue weighted by Gasteiger charge is -2.17. The molecule has 0 spiro atoms. The Morgan fingerprint density at radius 3 is 2.35 bits per heavy atom. The second-order valence-electron chi connectivity index (χ2n) is 4.66. The first-order chi connectivity index (χ1) is 10.5. The maximum absolute atomic E-state index is 12.5. The van der Waals surface area contributed by atoms with E-state index in [2.05, 4.69) is 0 Å². The van der Waals surface area contributed by atoms with Gasteiger partial charge in [-0.05, 0) is 24.6 Å². The van der Waals surface area contributed by atoms with Crippen LogP contribution in [0.15, 0.2) is 23.1 Å². The highest BCUT2D eigenvalue weighted by Gasteiger charge is 2.35. The largest absolute Gasteiger partial charge is 0.483 e. The quantitative estimate of drug-likeness (QED) is 0.768. The van der Waals surface area contributed by atoms with Crippen molar-refractivity contribution in [3.05, 3.63) is 28.8 Å². The zero-order valence-corrected chi connectivity index (χ0v) is 13.2. The molecule has 23 heavy (non-hydrogen) atoms. The third-order valence-electron chi connectivity index (χ3n) is 3.06. The number of hydrogen-bond donors (Lipinski definition) is 2. The van der Waals surface area contributed by atoms with Crippen LogP contribution in [0.3, 0.4) is 0 Å². The molecule has 1 heterocycles. The molecule has 1 aromatic carbocycles. The van der Waals surface area contributed by atoms with Crippen LogP contribution in [-0.2, 0) is 21.0 Å². The molecule has 130 valence electrons. The summed E-state index contributed by atoms with van der Waals surface area (Å²) in [4.78, 5) is 8.03. The Bertz CT molecular complexity index is 667. The van der Waals surface area contributed by atoms with Crippen LogP contribution in [0.25, 0.3) is 0 Å². The lowest BCUT2D eigenvalue weighted by molar-refractivity contribution is -0.137. The van der Waals surface area contributed by atoms with Crippen molar-refractivity contribution >= 4 is 28.1 Å². The predicted octanol–water partition coefficient (Wildman–Crippen LogP) is 1.78. The highest BCUT2D eigenvalue weighted by atomic mass is 35.5. The van der Waals surface area contributed by atoms with Gasteiger partial charge in [0.25, 0.3) is 6.47 Å². The molecule has 11 heteroatoms. The molecule has 0 amide bonds. The molecule has 0 saturated carbocycles. The lowest BCUT2D eigenvalue weighted by atomic mass is 10.2. The number of benzene rings is 1. The van der Waals surface area contributed by atoms with Gasteiger partial charge in [0.1, 0.15) is 4.90 Å². The first kappa shape index (κ1) is 19.7. The van der Waals surface area contributed by atoms with Gasteiger partial charge in [0.05, 0.1) is 10.6 Å². The normalized spacial score (nSPS) is 19.1. The van der Waals surface area contributed by atoms with E-state index >= 15 is 0 Å². The second kappa shape index (κ2) is 7.47. The average molecular weight is 375 g/mol. The van der Waals surface area contributed by atoms with Gasteiger partial charge >= 0.3 is 6.18 Å². The highest BCUT2D eigenvalue weighted by molar-refractivity contribution is 7.89. The van der Waals surface area contributed by atoms with Crippen molar-refractivity contribution in [1.82, 2.24) is 4.31 Å². The van der Waals surface area contributed by atoms with Crippen LogP contribution >= 0.6 is 11.6 Å². The van der Waals surface area contributed by atoms with Gasteiger partial charge in [-0.3, -0.25) is 4.79 Å². The molecule has 0 aliphatic carbocycles. The SMILES string of the molecule is NC1CCN(S(=O)(=O)c2ccc(C(F)(F)F)cc2Cl)C1.O=CO. The molecule has 1 aliphatic heterocycles. The van der Waals surface area contributed by atoms with Crippen molar-refractivity contribution in [3.8, 4) is 0 Å². The minimum Gasteiger partial charge on any atom is -0.483 e. The maximum atomic E-state index is 12.5. The summed E-state index contributed by atoms with van der Waals surface area (Å²) in [5.41, 5.74) is 4.64. The van der Waals surface area contributed by atoms with Crippen LogP contribution in [-0.4, -0.2) is 43.4 Å². The molecule has 1 aromatic rings. The van der Waals surface area contributed by atoms with E-state index in [1.165, 1.54) is 0 Å². The third-order valence-corrected chi connectivity index (χ3v) is 5.41. The molecule has 6 nitrogen and oxygen atoms in total. The summed E-state index contributed by atoms with van der Waals surface area (Å²) in [6.45, 7) is 0.126. The Morgan fingerprint density at radius 1 is 1.39 bits per heavy atom. The fourth-order valence-corrected chi connectivity index (χ4v) is 4.03. The zero-order valence-electron chi connectivity index (χ0n) is 11.6. The number of halogens is 4. The minimum atomic E-state index is -4.57. The Kier molecular flexibility index (Phi) is 6.40. The Morgan fingerprint density at radius 2 is 1.96 bits per heavy atom. The molecule has 3 N–H and O–H groups in total. The number of nitrogens with zero attached hydrogens (tertiary/aromatic N) is 1. The van der Waals surface area contributed by atoms with E-state index in [4.69, 9.17) is 27.2 Å². The molecule has 1 fully saturated rings. The van der Waals surface area contributed by atoms with E-state index in [1.54, 1.807) is 0 Å². The van der Waals surface area contributed by atoms with Crippen molar-refractivity contribution in [3.63, 3.8) is 0 Å². The number of alkyl halides is 3. The highest BCUT2D eigenvalue weighted by Crippen LogP contribution is 2.34. The van der Waals surface area contributed by atoms with Gasteiger partial charge in [0, 0.05) is 19.1 Å². The number of hydrogen-bond acceptors (Lipinski definition) is 4. The van der Waals surface area contributed by atoms with Crippen LogP contribution in [0.4, 0.5) is 13.2 Å². The summed E-state index contributed by atoms with van der Waals surface area (Å²) >= 11 is 5.70. The van der Waals surface area contributed by atoms with Crippen LogP contribution < -0.4 is 5.73 Å². The van der Waals surface area contributed by atoms with Gasteiger partial charge in [0.15, 0.2) is 0 Å². The molecule has 1 aliphatic rings. The second-order valence-corrected chi connectivity index (χ2v) is 6.97. The number of carbonyl (C=O) groups is 1. The number of nitrogens with two attached hydrogens (primary N) is 1. The topological polar surface area (TPSA) is 101 Å². The molecule has 0 radical (unpaired) electrons. The molecule has 2 rings (SSSR count). The van der Waals surface area contributed by atoms with Crippen LogP contribution in [0, 0.1) is 0 Å². The van der Waals surface area contributed by atoms with Crippen molar-refractivity contribution in [1.29, 1.82) is 0 Å². The van der Waals surface area contributed by atoms with Gasteiger partial charge in [0.2, 0.25) is 10.0 Å². The number of sulfonamides is 1. The monoisotopic (exact) mass is 374 g/mol. The van der Waals surface area contributed by atoms with Crippen LogP contribution in [0.2, 0.25) is 5.02 Å². The van der Waals surface area contributed by atoms with Gasteiger partial charge in [-0.15, -0.1) is 0 Å². The van der Waals surface area contributed by atoms with Crippen molar-refractivity contribution < 1.29 is 31.5 Å².